The molecule has 1 atom stereocenters. The molecule has 0 saturated carbocycles. The van der Waals surface area contributed by atoms with Gasteiger partial charge in [-0.15, -0.1) is 0 Å². The van der Waals surface area contributed by atoms with Crippen LogP contribution in [0.15, 0.2) is 35.1 Å². The Morgan fingerprint density at radius 1 is 1.35 bits per heavy atom. The zero-order valence-corrected chi connectivity index (χ0v) is 11.3. The Hall–Kier alpha value is -1.85. The first kappa shape index (κ1) is 13.1. The Morgan fingerprint density at radius 3 is 2.85 bits per heavy atom. The third-order valence-corrected chi connectivity index (χ3v) is 3.32. The minimum Gasteiger partial charge on any atom is -0.456 e. The van der Waals surface area contributed by atoms with E-state index in [9.17, 15) is 4.79 Å². The van der Waals surface area contributed by atoms with Crippen LogP contribution in [0.1, 0.15) is 16.8 Å². The SMILES string of the molecule is O=C(O[C@H]1CCOC1)c1conc1-c1ccc(Cl)cc1. The van der Waals surface area contributed by atoms with Gasteiger partial charge in [-0.1, -0.05) is 28.9 Å². The number of rotatable bonds is 3. The third-order valence-electron chi connectivity index (χ3n) is 3.07. The molecule has 0 radical (unpaired) electrons. The molecular formula is C14H12ClNO4. The fraction of sp³-hybridized carbons (Fsp3) is 0.286. The molecule has 0 N–H and O–H groups in total. The van der Waals surface area contributed by atoms with Crippen molar-refractivity contribution in [1.29, 1.82) is 0 Å². The van der Waals surface area contributed by atoms with Crippen LogP contribution in [0.4, 0.5) is 0 Å². The molecule has 3 rings (SSSR count). The second kappa shape index (κ2) is 5.64. The fourth-order valence-corrected chi connectivity index (χ4v) is 2.14. The van der Waals surface area contributed by atoms with Crippen LogP contribution < -0.4 is 0 Å². The molecular weight excluding hydrogens is 282 g/mol. The fourth-order valence-electron chi connectivity index (χ4n) is 2.02. The number of nitrogens with zero attached hydrogens (tertiary/aromatic N) is 1. The number of esters is 1. The smallest absolute Gasteiger partial charge is 0.344 e. The molecule has 6 heteroatoms. The van der Waals surface area contributed by atoms with E-state index in [-0.39, 0.29) is 6.10 Å². The Morgan fingerprint density at radius 2 is 2.15 bits per heavy atom. The van der Waals surface area contributed by atoms with Crippen LogP contribution in [-0.2, 0) is 9.47 Å². The molecule has 20 heavy (non-hydrogen) atoms. The standard InChI is InChI=1S/C14H12ClNO4/c15-10-3-1-9(2-4-10)13-12(8-19-16-13)14(17)20-11-5-6-18-7-11/h1-4,8,11H,5-7H2/t11-/m0/s1. The lowest BCUT2D eigenvalue weighted by atomic mass is 10.1. The highest BCUT2D eigenvalue weighted by Crippen LogP contribution is 2.25. The van der Waals surface area contributed by atoms with E-state index >= 15 is 0 Å². The minimum absolute atomic E-state index is 0.199. The first-order chi connectivity index (χ1) is 9.74. The maximum absolute atomic E-state index is 12.1. The second-order valence-electron chi connectivity index (χ2n) is 4.47. The van der Waals surface area contributed by atoms with E-state index in [0.29, 0.717) is 35.9 Å². The maximum Gasteiger partial charge on any atom is 0.344 e. The molecule has 1 saturated heterocycles. The number of carbonyl (C=O) groups is 1. The average molecular weight is 294 g/mol. The van der Waals surface area contributed by atoms with Crippen molar-refractivity contribution in [1.82, 2.24) is 5.16 Å². The van der Waals surface area contributed by atoms with E-state index in [1.54, 1.807) is 24.3 Å². The third kappa shape index (κ3) is 2.69. The molecule has 0 bridgehead atoms. The van der Waals surface area contributed by atoms with Crippen LogP contribution in [0.5, 0.6) is 0 Å². The Balaban J connectivity index is 1.82. The van der Waals surface area contributed by atoms with Gasteiger partial charge in [-0.25, -0.2) is 4.79 Å². The highest BCUT2D eigenvalue weighted by molar-refractivity contribution is 6.30. The van der Waals surface area contributed by atoms with Crippen molar-refractivity contribution >= 4 is 17.6 Å². The lowest BCUT2D eigenvalue weighted by molar-refractivity contribution is 0.0271. The van der Waals surface area contributed by atoms with Crippen LogP contribution in [0.3, 0.4) is 0 Å². The number of carbonyl (C=O) groups excluding carboxylic acids is 1. The molecule has 5 nitrogen and oxygen atoms in total. The van der Waals surface area contributed by atoms with E-state index in [1.165, 1.54) is 6.26 Å². The molecule has 2 heterocycles. The van der Waals surface area contributed by atoms with Crippen LogP contribution >= 0.6 is 11.6 Å². The minimum atomic E-state index is -0.452. The van der Waals surface area contributed by atoms with E-state index in [1.807, 2.05) is 0 Å². The van der Waals surface area contributed by atoms with Gasteiger partial charge in [-0.2, -0.15) is 0 Å². The van der Waals surface area contributed by atoms with Gasteiger partial charge in [0, 0.05) is 17.0 Å². The first-order valence-corrected chi connectivity index (χ1v) is 6.61. The molecule has 2 aromatic rings. The molecule has 1 aromatic heterocycles. The number of hydrogen-bond donors (Lipinski definition) is 0. The summed E-state index contributed by atoms with van der Waals surface area (Å²) in [5.74, 6) is -0.452. The van der Waals surface area contributed by atoms with Gasteiger partial charge in [0.25, 0.3) is 0 Å². The Labute approximate surface area is 120 Å². The van der Waals surface area contributed by atoms with Gasteiger partial charge in [0.15, 0.2) is 0 Å². The zero-order chi connectivity index (χ0) is 13.9. The van der Waals surface area contributed by atoms with Crippen molar-refractivity contribution in [3.63, 3.8) is 0 Å². The Kier molecular flexibility index (Phi) is 3.71. The van der Waals surface area contributed by atoms with Gasteiger partial charge in [0.2, 0.25) is 0 Å². The average Bonchev–Trinajstić information content (AvgIpc) is 3.10. The highest BCUT2D eigenvalue weighted by Gasteiger charge is 2.24. The molecule has 1 aliphatic rings. The van der Waals surface area contributed by atoms with E-state index in [4.69, 9.17) is 25.6 Å². The zero-order valence-electron chi connectivity index (χ0n) is 10.5. The molecule has 1 aliphatic heterocycles. The molecule has 0 aliphatic carbocycles. The van der Waals surface area contributed by atoms with Crippen LogP contribution in [-0.4, -0.2) is 30.4 Å². The maximum atomic E-state index is 12.1. The summed E-state index contributed by atoms with van der Waals surface area (Å²) in [7, 11) is 0. The first-order valence-electron chi connectivity index (χ1n) is 6.23. The summed E-state index contributed by atoms with van der Waals surface area (Å²) in [6.45, 7) is 1.05. The number of aromatic nitrogens is 1. The van der Waals surface area contributed by atoms with Crippen molar-refractivity contribution in [3.05, 3.63) is 41.1 Å². The van der Waals surface area contributed by atoms with E-state index < -0.39 is 5.97 Å². The lowest BCUT2D eigenvalue weighted by Gasteiger charge is -2.09. The monoisotopic (exact) mass is 293 g/mol. The van der Waals surface area contributed by atoms with E-state index in [2.05, 4.69) is 5.16 Å². The predicted molar refractivity (Wildman–Crippen MR) is 71.6 cm³/mol. The molecule has 104 valence electrons. The number of ether oxygens (including phenoxy) is 2. The van der Waals surface area contributed by atoms with Crippen molar-refractivity contribution in [2.24, 2.45) is 0 Å². The molecule has 0 unspecified atom stereocenters. The molecule has 1 aromatic carbocycles. The summed E-state index contributed by atoms with van der Waals surface area (Å²) in [4.78, 5) is 12.1. The van der Waals surface area contributed by atoms with Crippen LogP contribution in [0.25, 0.3) is 11.3 Å². The topological polar surface area (TPSA) is 61.6 Å². The van der Waals surface area contributed by atoms with Gasteiger partial charge in [-0.05, 0) is 12.1 Å². The number of benzene rings is 1. The summed E-state index contributed by atoms with van der Waals surface area (Å²) >= 11 is 5.84. The van der Waals surface area contributed by atoms with Gasteiger partial charge in [-0.3, -0.25) is 0 Å². The lowest BCUT2D eigenvalue weighted by Crippen LogP contribution is -2.18. The van der Waals surface area contributed by atoms with E-state index in [0.717, 1.165) is 5.56 Å². The van der Waals surface area contributed by atoms with Crippen molar-refractivity contribution < 1.29 is 18.8 Å². The van der Waals surface area contributed by atoms with Crippen molar-refractivity contribution in [2.75, 3.05) is 13.2 Å². The Bertz CT molecular complexity index is 602. The van der Waals surface area contributed by atoms with Gasteiger partial charge in [0.1, 0.15) is 23.6 Å². The summed E-state index contributed by atoms with van der Waals surface area (Å²) < 4.78 is 15.4. The highest BCUT2D eigenvalue weighted by atomic mass is 35.5. The van der Waals surface area contributed by atoms with Crippen molar-refractivity contribution in [3.8, 4) is 11.3 Å². The summed E-state index contributed by atoms with van der Waals surface area (Å²) in [6.07, 6.45) is 1.81. The van der Waals surface area contributed by atoms with Crippen LogP contribution in [0, 0.1) is 0 Å². The number of halogens is 1. The number of hydrogen-bond acceptors (Lipinski definition) is 5. The summed E-state index contributed by atoms with van der Waals surface area (Å²) in [6, 6.07) is 7.00. The van der Waals surface area contributed by atoms with Gasteiger partial charge in [0.05, 0.1) is 13.2 Å². The van der Waals surface area contributed by atoms with Crippen LogP contribution in [0.2, 0.25) is 5.02 Å². The quantitative estimate of drug-likeness (QED) is 0.814. The second-order valence-corrected chi connectivity index (χ2v) is 4.91. The normalized spacial score (nSPS) is 18.1. The van der Waals surface area contributed by atoms with Gasteiger partial charge >= 0.3 is 5.97 Å². The van der Waals surface area contributed by atoms with Gasteiger partial charge < -0.3 is 14.0 Å². The molecule has 1 fully saturated rings. The molecule has 0 amide bonds. The summed E-state index contributed by atoms with van der Waals surface area (Å²) in [5, 5.41) is 4.48. The molecule has 0 spiro atoms. The summed E-state index contributed by atoms with van der Waals surface area (Å²) in [5.41, 5.74) is 1.50. The predicted octanol–water partition coefficient (Wildman–Crippen LogP) is 2.94. The largest absolute Gasteiger partial charge is 0.456 e. The van der Waals surface area contributed by atoms with Crippen molar-refractivity contribution in [2.45, 2.75) is 12.5 Å².